The molecule has 1 aromatic carbocycles. The van der Waals surface area contributed by atoms with Crippen LogP contribution in [-0.2, 0) is 20.7 Å². The lowest BCUT2D eigenvalue weighted by molar-refractivity contribution is -0.152. The molecule has 140 valence electrons. The molecule has 6 nitrogen and oxygen atoms in total. The first-order valence-corrected chi connectivity index (χ1v) is 9.94. The zero-order valence-electron chi connectivity index (χ0n) is 14.8. The predicted molar refractivity (Wildman–Crippen MR) is 106 cm³/mol. The number of ether oxygens (including phenoxy) is 2. The average Bonchev–Trinajstić information content (AvgIpc) is 3.33. The van der Waals surface area contributed by atoms with Crippen LogP contribution < -0.4 is 10.1 Å². The zero-order valence-corrected chi connectivity index (χ0v) is 16.4. The lowest BCUT2D eigenvalue weighted by Gasteiger charge is -2.13. The minimum absolute atomic E-state index is 0.0298. The molecular formula is C19H18N2O4S2. The molecule has 1 N–H and O–H groups in total. The molecule has 0 aliphatic rings. The number of rotatable bonds is 7. The summed E-state index contributed by atoms with van der Waals surface area (Å²) in [6, 6.07) is 10.8. The van der Waals surface area contributed by atoms with E-state index in [9.17, 15) is 9.59 Å². The summed E-state index contributed by atoms with van der Waals surface area (Å²) in [5.41, 5.74) is 1.24. The van der Waals surface area contributed by atoms with Crippen molar-refractivity contribution < 1.29 is 19.1 Å². The number of nitrogens with zero attached hydrogens (tertiary/aromatic N) is 1. The van der Waals surface area contributed by atoms with E-state index in [0.29, 0.717) is 17.1 Å². The second kappa shape index (κ2) is 8.79. The third kappa shape index (κ3) is 5.15. The normalized spacial score (nSPS) is 11.6. The number of carbonyl (C=O) groups is 2. The van der Waals surface area contributed by atoms with E-state index in [0.717, 1.165) is 9.88 Å². The minimum atomic E-state index is -0.907. The molecule has 0 spiro atoms. The largest absolute Gasteiger partial charge is 0.497 e. The standard InChI is InChI=1S/C19H18N2O4S2/c1-12(18(23)20-13-5-7-15(24-2)8-6-13)25-17(22)10-14-11-27-19(21-14)16-4-3-9-26-16/h3-9,11-12H,10H2,1-2H3,(H,20,23). The van der Waals surface area contributed by atoms with Gasteiger partial charge in [-0.2, -0.15) is 0 Å². The summed E-state index contributed by atoms with van der Waals surface area (Å²) in [7, 11) is 1.57. The topological polar surface area (TPSA) is 77.5 Å². The van der Waals surface area contributed by atoms with Crippen LogP contribution in [0.3, 0.4) is 0 Å². The second-order valence-electron chi connectivity index (χ2n) is 5.65. The first kappa shape index (κ1) is 19.1. The molecule has 0 radical (unpaired) electrons. The van der Waals surface area contributed by atoms with Gasteiger partial charge in [-0.05, 0) is 42.6 Å². The summed E-state index contributed by atoms with van der Waals surface area (Å²) in [5, 5.41) is 7.39. The molecule has 3 aromatic rings. The molecule has 1 amide bonds. The molecule has 2 heterocycles. The van der Waals surface area contributed by atoms with E-state index < -0.39 is 18.0 Å². The Morgan fingerprint density at radius 1 is 1.19 bits per heavy atom. The summed E-state index contributed by atoms with van der Waals surface area (Å²) in [4.78, 5) is 29.8. The van der Waals surface area contributed by atoms with E-state index in [1.807, 2.05) is 22.9 Å². The molecule has 0 saturated carbocycles. The number of amides is 1. The van der Waals surface area contributed by atoms with E-state index in [-0.39, 0.29) is 6.42 Å². The van der Waals surface area contributed by atoms with Gasteiger partial charge in [0.2, 0.25) is 0 Å². The predicted octanol–water partition coefficient (Wildman–Crippen LogP) is 3.99. The number of benzene rings is 1. The molecule has 0 aliphatic heterocycles. The van der Waals surface area contributed by atoms with E-state index in [2.05, 4.69) is 10.3 Å². The van der Waals surface area contributed by atoms with Gasteiger partial charge in [0.15, 0.2) is 6.10 Å². The van der Waals surface area contributed by atoms with Crippen molar-refractivity contribution in [1.82, 2.24) is 4.98 Å². The molecule has 0 aliphatic carbocycles. The van der Waals surface area contributed by atoms with Crippen molar-refractivity contribution in [2.75, 3.05) is 12.4 Å². The third-order valence-electron chi connectivity index (χ3n) is 3.64. The molecular weight excluding hydrogens is 384 g/mol. The molecule has 3 rings (SSSR count). The van der Waals surface area contributed by atoms with Crippen LogP contribution in [-0.4, -0.2) is 30.1 Å². The Hall–Kier alpha value is -2.71. The maximum absolute atomic E-state index is 12.2. The number of hydrogen-bond donors (Lipinski definition) is 1. The van der Waals surface area contributed by atoms with Crippen LogP contribution in [0.5, 0.6) is 5.75 Å². The fourth-order valence-electron chi connectivity index (χ4n) is 2.26. The van der Waals surface area contributed by atoms with Gasteiger partial charge in [0, 0.05) is 11.1 Å². The lowest BCUT2D eigenvalue weighted by atomic mass is 10.3. The van der Waals surface area contributed by atoms with Crippen molar-refractivity contribution in [3.8, 4) is 15.6 Å². The average molecular weight is 402 g/mol. The van der Waals surface area contributed by atoms with Crippen molar-refractivity contribution in [3.63, 3.8) is 0 Å². The van der Waals surface area contributed by atoms with Gasteiger partial charge < -0.3 is 14.8 Å². The van der Waals surface area contributed by atoms with Crippen LogP contribution in [0.25, 0.3) is 9.88 Å². The van der Waals surface area contributed by atoms with Crippen molar-refractivity contribution in [1.29, 1.82) is 0 Å². The number of thiophene rings is 1. The molecule has 0 fully saturated rings. The molecule has 8 heteroatoms. The first-order valence-electron chi connectivity index (χ1n) is 8.18. The summed E-state index contributed by atoms with van der Waals surface area (Å²) in [6.07, 6.45) is -0.878. The molecule has 1 unspecified atom stereocenters. The fourth-order valence-corrected chi connectivity index (χ4v) is 3.89. The Morgan fingerprint density at radius 3 is 2.63 bits per heavy atom. The highest BCUT2D eigenvalue weighted by molar-refractivity contribution is 7.20. The number of carbonyl (C=O) groups excluding carboxylic acids is 2. The van der Waals surface area contributed by atoms with Crippen LogP contribution in [0.4, 0.5) is 5.69 Å². The summed E-state index contributed by atoms with van der Waals surface area (Å²) < 4.78 is 10.3. The third-order valence-corrected chi connectivity index (χ3v) is 5.57. The first-order chi connectivity index (χ1) is 13.0. The smallest absolute Gasteiger partial charge is 0.312 e. The number of anilines is 1. The highest BCUT2D eigenvalue weighted by atomic mass is 32.1. The number of methoxy groups -OCH3 is 1. The van der Waals surface area contributed by atoms with Crippen LogP contribution >= 0.6 is 22.7 Å². The van der Waals surface area contributed by atoms with Crippen molar-refractivity contribution in [2.45, 2.75) is 19.4 Å². The van der Waals surface area contributed by atoms with Gasteiger partial charge in [-0.15, -0.1) is 22.7 Å². The van der Waals surface area contributed by atoms with Gasteiger partial charge in [0.05, 0.1) is 24.1 Å². The van der Waals surface area contributed by atoms with Gasteiger partial charge in [-0.1, -0.05) is 6.07 Å². The summed E-state index contributed by atoms with van der Waals surface area (Å²) >= 11 is 3.08. The fraction of sp³-hybridized carbons (Fsp3) is 0.211. The molecule has 1 atom stereocenters. The molecule has 0 saturated heterocycles. The Kier molecular flexibility index (Phi) is 6.20. The molecule has 27 heavy (non-hydrogen) atoms. The van der Waals surface area contributed by atoms with Crippen LogP contribution in [0.1, 0.15) is 12.6 Å². The van der Waals surface area contributed by atoms with Gasteiger partial charge >= 0.3 is 5.97 Å². The zero-order chi connectivity index (χ0) is 19.2. The number of nitrogens with one attached hydrogen (secondary N) is 1. The SMILES string of the molecule is COc1ccc(NC(=O)C(C)OC(=O)Cc2csc(-c3cccs3)n2)cc1. The maximum atomic E-state index is 12.2. The number of esters is 1. The van der Waals surface area contributed by atoms with Crippen LogP contribution in [0.15, 0.2) is 47.2 Å². The van der Waals surface area contributed by atoms with E-state index in [4.69, 9.17) is 9.47 Å². The van der Waals surface area contributed by atoms with Crippen molar-refractivity contribution in [3.05, 3.63) is 52.9 Å². The van der Waals surface area contributed by atoms with E-state index >= 15 is 0 Å². The monoisotopic (exact) mass is 402 g/mol. The summed E-state index contributed by atoms with van der Waals surface area (Å²) in [5.74, 6) is -0.195. The number of hydrogen-bond acceptors (Lipinski definition) is 7. The van der Waals surface area contributed by atoms with E-state index in [1.165, 1.54) is 18.3 Å². The second-order valence-corrected chi connectivity index (χ2v) is 7.45. The quantitative estimate of drug-likeness (QED) is 0.605. The van der Waals surface area contributed by atoms with E-state index in [1.54, 1.807) is 42.7 Å². The number of aromatic nitrogens is 1. The van der Waals surface area contributed by atoms with Gasteiger partial charge in [-0.3, -0.25) is 9.59 Å². The van der Waals surface area contributed by atoms with Gasteiger partial charge in [0.25, 0.3) is 5.91 Å². The molecule has 2 aromatic heterocycles. The Morgan fingerprint density at radius 2 is 1.96 bits per heavy atom. The summed E-state index contributed by atoms with van der Waals surface area (Å²) in [6.45, 7) is 1.54. The minimum Gasteiger partial charge on any atom is -0.497 e. The number of thiazole rings is 1. The molecule has 0 bridgehead atoms. The van der Waals surface area contributed by atoms with Gasteiger partial charge in [-0.25, -0.2) is 4.98 Å². The van der Waals surface area contributed by atoms with Crippen molar-refractivity contribution >= 4 is 40.2 Å². The van der Waals surface area contributed by atoms with Crippen molar-refractivity contribution in [2.24, 2.45) is 0 Å². The maximum Gasteiger partial charge on any atom is 0.312 e. The highest BCUT2D eigenvalue weighted by Crippen LogP contribution is 2.28. The lowest BCUT2D eigenvalue weighted by Crippen LogP contribution is -2.30. The Balaban J connectivity index is 1.51. The Labute approximate surface area is 164 Å². The van der Waals surface area contributed by atoms with Crippen LogP contribution in [0, 0.1) is 0 Å². The van der Waals surface area contributed by atoms with Crippen LogP contribution in [0.2, 0.25) is 0 Å². The van der Waals surface area contributed by atoms with Gasteiger partial charge in [0.1, 0.15) is 10.8 Å². The Bertz CT molecular complexity index is 904. The highest BCUT2D eigenvalue weighted by Gasteiger charge is 2.19.